The molecule has 2 aromatic carbocycles. The highest BCUT2D eigenvalue weighted by atomic mass is 32.2. The molecule has 31 heavy (non-hydrogen) atoms. The van der Waals surface area contributed by atoms with E-state index >= 15 is 0 Å². The first-order valence-electron chi connectivity index (χ1n) is 10.4. The predicted octanol–water partition coefficient (Wildman–Crippen LogP) is 4.50. The first-order valence-corrected chi connectivity index (χ1v) is 12.0. The van der Waals surface area contributed by atoms with E-state index in [1.165, 1.54) is 6.07 Å². The van der Waals surface area contributed by atoms with Gasteiger partial charge in [-0.05, 0) is 59.2 Å². The molecule has 1 aliphatic heterocycles. The Bertz CT molecular complexity index is 1130. The van der Waals surface area contributed by atoms with Crippen LogP contribution in [-0.4, -0.2) is 14.4 Å². The summed E-state index contributed by atoms with van der Waals surface area (Å²) in [5.41, 5.74) is 2.83. The van der Waals surface area contributed by atoms with Gasteiger partial charge >= 0.3 is 5.97 Å². The minimum atomic E-state index is -3.75. The SMILES string of the molecule is CC(C)(C)CC(=O)Oc1ccc([C@H]2Nc3ccc(S(N)(=O)=O)cc3[C@H]3C=CC[C@H]32)cc1. The van der Waals surface area contributed by atoms with Crippen LogP contribution in [0, 0.1) is 11.3 Å². The van der Waals surface area contributed by atoms with E-state index in [0.717, 1.165) is 23.2 Å². The van der Waals surface area contributed by atoms with Crippen molar-refractivity contribution in [3.63, 3.8) is 0 Å². The second kappa shape index (κ2) is 7.80. The van der Waals surface area contributed by atoms with Gasteiger partial charge in [0.1, 0.15) is 5.75 Å². The standard InChI is InChI=1S/C24H28N2O4S/c1-24(2,3)14-22(27)30-16-9-7-15(8-10-16)23-19-6-4-5-18(19)20-13-17(31(25,28)29)11-12-21(20)26-23/h4-5,7-13,18-19,23,26H,6,14H2,1-3H3,(H2,25,28,29)/t18-,19+,23+/m0/s1. The number of allylic oxidation sites excluding steroid dienone is 2. The number of carbonyl (C=O) groups is 1. The van der Waals surface area contributed by atoms with Crippen LogP contribution in [0.5, 0.6) is 5.75 Å². The summed E-state index contributed by atoms with van der Waals surface area (Å²) < 4.78 is 29.1. The molecule has 3 N–H and O–H groups in total. The van der Waals surface area contributed by atoms with E-state index in [-0.39, 0.29) is 34.2 Å². The number of nitrogens with two attached hydrogens (primary N) is 1. The molecule has 2 aliphatic rings. The molecule has 7 heteroatoms. The van der Waals surface area contributed by atoms with Gasteiger partial charge in [-0.3, -0.25) is 4.79 Å². The number of hydrogen-bond donors (Lipinski definition) is 2. The van der Waals surface area contributed by atoms with Gasteiger partial charge in [0.15, 0.2) is 0 Å². The molecule has 3 atom stereocenters. The molecule has 4 rings (SSSR count). The van der Waals surface area contributed by atoms with Crippen molar-refractivity contribution in [2.24, 2.45) is 16.5 Å². The summed E-state index contributed by atoms with van der Waals surface area (Å²) in [6.07, 6.45) is 5.54. The van der Waals surface area contributed by atoms with Crippen molar-refractivity contribution in [1.82, 2.24) is 0 Å². The van der Waals surface area contributed by atoms with Crippen LogP contribution in [0.1, 0.15) is 56.7 Å². The fraction of sp³-hybridized carbons (Fsp3) is 0.375. The van der Waals surface area contributed by atoms with Gasteiger partial charge < -0.3 is 10.1 Å². The van der Waals surface area contributed by atoms with Gasteiger partial charge in [0, 0.05) is 11.6 Å². The molecule has 0 radical (unpaired) electrons. The lowest BCUT2D eigenvalue weighted by Crippen LogP contribution is -2.29. The highest BCUT2D eigenvalue weighted by Gasteiger charge is 2.38. The summed E-state index contributed by atoms with van der Waals surface area (Å²) in [6.45, 7) is 6.01. The summed E-state index contributed by atoms with van der Waals surface area (Å²) in [5.74, 6) is 0.675. The second-order valence-electron chi connectivity index (χ2n) is 9.55. The topological polar surface area (TPSA) is 98.5 Å². The van der Waals surface area contributed by atoms with Crippen LogP contribution in [0.3, 0.4) is 0 Å². The van der Waals surface area contributed by atoms with Crippen LogP contribution in [0.25, 0.3) is 0 Å². The molecule has 0 bridgehead atoms. The Labute approximate surface area is 183 Å². The number of anilines is 1. The zero-order chi connectivity index (χ0) is 22.4. The molecule has 0 amide bonds. The summed E-state index contributed by atoms with van der Waals surface area (Å²) in [7, 11) is -3.75. The van der Waals surface area contributed by atoms with Crippen LogP contribution < -0.4 is 15.2 Å². The summed E-state index contributed by atoms with van der Waals surface area (Å²) in [5, 5.41) is 8.90. The predicted molar refractivity (Wildman–Crippen MR) is 120 cm³/mol. The lowest BCUT2D eigenvalue weighted by molar-refractivity contribution is -0.136. The van der Waals surface area contributed by atoms with Gasteiger partial charge in [-0.2, -0.15) is 0 Å². The zero-order valence-electron chi connectivity index (χ0n) is 18.0. The van der Waals surface area contributed by atoms with Crippen LogP contribution in [-0.2, 0) is 14.8 Å². The number of ether oxygens (including phenoxy) is 1. The molecule has 0 fully saturated rings. The third kappa shape index (κ3) is 4.67. The maximum atomic E-state index is 12.1. The molecule has 1 aliphatic carbocycles. The molecule has 0 unspecified atom stereocenters. The van der Waals surface area contributed by atoms with E-state index in [1.54, 1.807) is 12.1 Å². The Kier molecular flexibility index (Phi) is 5.43. The Morgan fingerprint density at radius 2 is 1.87 bits per heavy atom. The van der Waals surface area contributed by atoms with Gasteiger partial charge in [-0.25, -0.2) is 13.6 Å². The van der Waals surface area contributed by atoms with E-state index in [9.17, 15) is 13.2 Å². The quantitative estimate of drug-likeness (QED) is 0.414. The van der Waals surface area contributed by atoms with E-state index in [4.69, 9.17) is 9.88 Å². The van der Waals surface area contributed by atoms with Crippen molar-refractivity contribution in [3.05, 3.63) is 65.7 Å². The lowest BCUT2D eigenvalue weighted by Gasteiger charge is -2.37. The van der Waals surface area contributed by atoms with Crippen LogP contribution in [0.2, 0.25) is 0 Å². The van der Waals surface area contributed by atoms with Crippen LogP contribution in [0.4, 0.5) is 5.69 Å². The maximum absolute atomic E-state index is 12.1. The summed E-state index contributed by atoms with van der Waals surface area (Å²) in [6, 6.07) is 12.7. The Morgan fingerprint density at radius 1 is 1.16 bits per heavy atom. The van der Waals surface area contributed by atoms with E-state index in [0.29, 0.717) is 12.2 Å². The lowest BCUT2D eigenvalue weighted by atomic mass is 9.77. The molecule has 164 valence electrons. The number of hydrogen-bond acceptors (Lipinski definition) is 5. The van der Waals surface area contributed by atoms with Crippen LogP contribution in [0.15, 0.2) is 59.5 Å². The van der Waals surface area contributed by atoms with Gasteiger partial charge in [0.05, 0.1) is 17.4 Å². The molecule has 0 spiro atoms. The number of sulfonamides is 1. The number of primary sulfonamides is 1. The third-order valence-electron chi connectivity index (χ3n) is 5.81. The Morgan fingerprint density at radius 3 is 2.52 bits per heavy atom. The fourth-order valence-corrected chi connectivity index (χ4v) is 4.97. The van der Waals surface area contributed by atoms with Gasteiger partial charge in [-0.15, -0.1) is 0 Å². The number of carbonyl (C=O) groups excluding carboxylic acids is 1. The third-order valence-corrected chi connectivity index (χ3v) is 6.72. The average Bonchev–Trinajstić information content (AvgIpc) is 3.15. The van der Waals surface area contributed by atoms with Crippen molar-refractivity contribution >= 4 is 21.7 Å². The second-order valence-corrected chi connectivity index (χ2v) is 11.1. The Hall–Kier alpha value is -2.64. The number of rotatable bonds is 4. The minimum absolute atomic E-state index is 0.0622. The number of benzene rings is 2. The molecule has 2 aromatic rings. The number of esters is 1. The van der Waals surface area contributed by atoms with Gasteiger partial charge in [-0.1, -0.05) is 45.1 Å². The van der Waals surface area contributed by atoms with E-state index in [1.807, 2.05) is 45.0 Å². The average molecular weight is 441 g/mol. The fourth-order valence-electron chi connectivity index (χ4n) is 4.42. The van der Waals surface area contributed by atoms with Crippen molar-refractivity contribution in [3.8, 4) is 5.75 Å². The first-order chi connectivity index (χ1) is 14.5. The van der Waals surface area contributed by atoms with E-state index < -0.39 is 10.0 Å². The maximum Gasteiger partial charge on any atom is 0.311 e. The molecule has 0 saturated carbocycles. The smallest absolute Gasteiger partial charge is 0.311 e. The molecular weight excluding hydrogens is 412 g/mol. The Balaban J connectivity index is 1.57. The molecule has 0 saturated heterocycles. The normalized spacial score (nSPS) is 22.4. The van der Waals surface area contributed by atoms with Crippen molar-refractivity contribution < 1.29 is 17.9 Å². The molecular formula is C24H28N2O4S. The van der Waals surface area contributed by atoms with E-state index in [2.05, 4.69) is 17.5 Å². The van der Waals surface area contributed by atoms with Crippen LogP contribution >= 0.6 is 0 Å². The van der Waals surface area contributed by atoms with Crippen molar-refractivity contribution in [2.45, 2.75) is 50.5 Å². The number of fused-ring (bicyclic) bond motifs is 3. The van der Waals surface area contributed by atoms with Gasteiger partial charge in [0.2, 0.25) is 10.0 Å². The molecule has 1 heterocycles. The zero-order valence-corrected chi connectivity index (χ0v) is 18.8. The largest absolute Gasteiger partial charge is 0.427 e. The highest BCUT2D eigenvalue weighted by Crippen LogP contribution is 2.50. The summed E-state index contributed by atoms with van der Waals surface area (Å²) >= 11 is 0. The monoisotopic (exact) mass is 440 g/mol. The number of nitrogens with one attached hydrogen (secondary N) is 1. The van der Waals surface area contributed by atoms with Crippen molar-refractivity contribution in [1.29, 1.82) is 0 Å². The van der Waals surface area contributed by atoms with Crippen molar-refractivity contribution in [2.75, 3.05) is 5.32 Å². The highest BCUT2D eigenvalue weighted by molar-refractivity contribution is 7.89. The van der Waals surface area contributed by atoms with Gasteiger partial charge in [0.25, 0.3) is 0 Å². The molecule has 6 nitrogen and oxygen atoms in total. The molecule has 0 aromatic heterocycles. The first kappa shape index (κ1) is 21.6. The minimum Gasteiger partial charge on any atom is -0.427 e. The summed E-state index contributed by atoms with van der Waals surface area (Å²) in [4.78, 5) is 12.2.